The SMILES string of the molecule is CCc1nc(-c2ccnc(C(NC(=O)C3CCC(NC(=O)OC)CC3)C3CCC(c4ccc(OC)c(C)n4)CC3)c2)co1. The van der Waals surface area contributed by atoms with E-state index in [9.17, 15) is 9.59 Å². The van der Waals surface area contributed by atoms with E-state index in [2.05, 4.69) is 21.7 Å². The highest BCUT2D eigenvalue weighted by Gasteiger charge is 2.34. The molecule has 2 N–H and O–H groups in total. The van der Waals surface area contributed by atoms with Gasteiger partial charge < -0.3 is 24.5 Å². The first-order valence-electron chi connectivity index (χ1n) is 15.5. The van der Waals surface area contributed by atoms with Gasteiger partial charge >= 0.3 is 6.09 Å². The molecule has 0 spiro atoms. The van der Waals surface area contributed by atoms with Crippen LogP contribution in [-0.4, -0.2) is 47.2 Å². The van der Waals surface area contributed by atoms with Crippen LogP contribution in [0.1, 0.15) is 93.2 Å². The summed E-state index contributed by atoms with van der Waals surface area (Å²) in [7, 11) is 3.04. The lowest BCUT2D eigenvalue weighted by atomic mass is 9.76. The zero-order valence-electron chi connectivity index (χ0n) is 25.6. The Hall–Kier alpha value is -3.95. The van der Waals surface area contributed by atoms with Crippen molar-refractivity contribution in [3.8, 4) is 17.0 Å². The van der Waals surface area contributed by atoms with Gasteiger partial charge in [-0.05, 0) is 88.5 Å². The summed E-state index contributed by atoms with van der Waals surface area (Å²) in [5.74, 6) is 2.06. The maximum atomic E-state index is 13.7. The van der Waals surface area contributed by atoms with Crippen LogP contribution in [0.2, 0.25) is 0 Å². The van der Waals surface area contributed by atoms with Gasteiger partial charge in [0.25, 0.3) is 0 Å². The summed E-state index contributed by atoms with van der Waals surface area (Å²) in [6.45, 7) is 3.99. The Bertz CT molecular complexity index is 1390. The Morgan fingerprint density at radius 1 is 1.02 bits per heavy atom. The topological polar surface area (TPSA) is 128 Å². The number of nitrogens with one attached hydrogen (secondary N) is 2. The molecule has 3 heterocycles. The summed E-state index contributed by atoms with van der Waals surface area (Å²) in [5, 5.41) is 6.30. The lowest BCUT2D eigenvalue weighted by molar-refractivity contribution is -0.127. The van der Waals surface area contributed by atoms with Gasteiger partial charge in [0.2, 0.25) is 5.91 Å². The second kappa shape index (κ2) is 14.0. The molecule has 3 aromatic heterocycles. The highest BCUT2D eigenvalue weighted by Crippen LogP contribution is 2.41. The van der Waals surface area contributed by atoms with Crippen LogP contribution in [0.15, 0.2) is 41.1 Å². The van der Waals surface area contributed by atoms with E-state index in [0.717, 1.165) is 79.0 Å². The fourth-order valence-electron chi connectivity index (χ4n) is 6.57. The first kappa shape index (κ1) is 30.5. The molecular weight excluding hydrogens is 546 g/mol. The Labute approximate surface area is 253 Å². The van der Waals surface area contributed by atoms with Crippen molar-refractivity contribution >= 4 is 12.0 Å². The number of nitrogens with zero attached hydrogens (tertiary/aromatic N) is 3. The standard InChI is InChI=1S/C33H43N5O5/c1-5-30-37-28(19-43-30)24-16-17-34-27(18-24)31(38-32(39)23-10-12-25(13-11-23)36-33(40)42-4)22-8-6-21(7-9-22)26-14-15-29(41-3)20(2)35-26/h14-19,21-23,25,31H,5-13H2,1-4H3,(H,36,40)(H,38,39). The minimum atomic E-state index is -0.423. The lowest BCUT2D eigenvalue weighted by Gasteiger charge is -2.35. The smallest absolute Gasteiger partial charge is 0.407 e. The monoisotopic (exact) mass is 589 g/mol. The molecule has 230 valence electrons. The highest BCUT2D eigenvalue weighted by atomic mass is 16.5. The molecule has 1 unspecified atom stereocenters. The van der Waals surface area contributed by atoms with Gasteiger partial charge in [0.1, 0.15) is 17.7 Å². The average molecular weight is 590 g/mol. The number of hydrogen-bond acceptors (Lipinski definition) is 8. The first-order valence-corrected chi connectivity index (χ1v) is 15.5. The summed E-state index contributed by atoms with van der Waals surface area (Å²) in [4.78, 5) is 39.5. The van der Waals surface area contributed by atoms with Crippen molar-refractivity contribution in [2.24, 2.45) is 11.8 Å². The van der Waals surface area contributed by atoms with Gasteiger partial charge in [0, 0.05) is 41.8 Å². The molecule has 10 heteroatoms. The number of pyridine rings is 2. The van der Waals surface area contributed by atoms with Crippen molar-refractivity contribution in [2.45, 2.75) is 89.6 Å². The number of alkyl carbamates (subject to hydrolysis) is 1. The second-order valence-corrected chi connectivity index (χ2v) is 11.8. The molecule has 0 radical (unpaired) electrons. The van der Waals surface area contributed by atoms with Gasteiger partial charge in [0.05, 0.1) is 31.6 Å². The van der Waals surface area contributed by atoms with Crippen molar-refractivity contribution in [2.75, 3.05) is 14.2 Å². The number of rotatable bonds is 9. The van der Waals surface area contributed by atoms with Crippen LogP contribution < -0.4 is 15.4 Å². The van der Waals surface area contributed by atoms with Crippen molar-refractivity contribution in [3.63, 3.8) is 0 Å². The molecule has 2 aliphatic carbocycles. The van der Waals surface area contributed by atoms with Crippen LogP contribution in [0.4, 0.5) is 4.79 Å². The number of aromatic nitrogens is 3. The highest BCUT2D eigenvalue weighted by molar-refractivity contribution is 5.79. The third kappa shape index (κ3) is 7.35. The fourth-order valence-corrected chi connectivity index (χ4v) is 6.57. The molecule has 3 aromatic rings. The Morgan fingerprint density at radius 2 is 1.79 bits per heavy atom. The van der Waals surface area contributed by atoms with Gasteiger partial charge in [0.15, 0.2) is 5.89 Å². The molecule has 2 aliphatic rings. The molecule has 0 aromatic carbocycles. The molecule has 2 fully saturated rings. The third-order valence-electron chi connectivity index (χ3n) is 9.09. The molecule has 1 atom stereocenters. The van der Waals surface area contributed by atoms with E-state index >= 15 is 0 Å². The molecule has 5 rings (SSSR count). The van der Waals surface area contributed by atoms with E-state index in [0.29, 0.717) is 24.7 Å². The first-order chi connectivity index (χ1) is 20.9. The van der Waals surface area contributed by atoms with E-state index in [1.807, 2.05) is 32.0 Å². The van der Waals surface area contributed by atoms with E-state index in [-0.39, 0.29) is 29.8 Å². The quantitative estimate of drug-likeness (QED) is 0.308. The zero-order valence-corrected chi connectivity index (χ0v) is 25.6. The van der Waals surface area contributed by atoms with Crippen molar-refractivity contribution < 1.29 is 23.5 Å². The van der Waals surface area contributed by atoms with Gasteiger partial charge in [-0.25, -0.2) is 9.78 Å². The number of carbonyl (C=O) groups excluding carboxylic acids is 2. The van der Waals surface area contributed by atoms with Crippen molar-refractivity contribution in [3.05, 3.63) is 59.7 Å². The number of aryl methyl sites for hydroxylation is 2. The Balaban J connectivity index is 1.32. The van der Waals surface area contributed by atoms with Crippen LogP contribution in [0, 0.1) is 18.8 Å². The number of methoxy groups -OCH3 is 2. The fraction of sp³-hybridized carbons (Fsp3) is 0.545. The zero-order chi connectivity index (χ0) is 30.3. The third-order valence-corrected chi connectivity index (χ3v) is 9.09. The van der Waals surface area contributed by atoms with Crippen molar-refractivity contribution in [1.29, 1.82) is 0 Å². The van der Waals surface area contributed by atoms with E-state index in [4.69, 9.17) is 23.9 Å². The number of amides is 2. The van der Waals surface area contributed by atoms with E-state index < -0.39 is 6.09 Å². The van der Waals surface area contributed by atoms with Crippen molar-refractivity contribution in [1.82, 2.24) is 25.6 Å². The molecule has 2 amide bonds. The maximum Gasteiger partial charge on any atom is 0.407 e. The number of ether oxygens (including phenoxy) is 2. The molecular formula is C33H43N5O5. The Kier molecular flexibility index (Phi) is 9.94. The predicted octanol–water partition coefficient (Wildman–Crippen LogP) is 6.06. The predicted molar refractivity (Wildman–Crippen MR) is 162 cm³/mol. The summed E-state index contributed by atoms with van der Waals surface area (Å²) >= 11 is 0. The maximum absolute atomic E-state index is 13.7. The number of hydrogen-bond donors (Lipinski definition) is 2. The summed E-state index contributed by atoms with van der Waals surface area (Å²) in [5.41, 5.74) is 4.55. The Morgan fingerprint density at radius 3 is 2.44 bits per heavy atom. The molecule has 10 nitrogen and oxygen atoms in total. The normalized spacial score (nSPS) is 22.8. The lowest BCUT2D eigenvalue weighted by Crippen LogP contribution is -2.43. The van der Waals surface area contributed by atoms with Crippen LogP contribution in [0.3, 0.4) is 0 Å². The van der Waals surface area contributed by atoms with Gasteiger partial charge in [-0.15, -0.1) is 0 Å². The minimum Gasteiger partial charge on any atom is -0.495 e. The van der Waals surface area contributed by atoms with E-state index in [1.165, 1.54) is 7.11 Å². The molecule has 0 saturated heterocycles. The molecule has 43 heavy (non-hydrogen) atoms. The number of oxazole rings is 1. The van der Waals surface area contributed by atoms with Crippen LogP contribution >= 0.6 is 0 Å². The molecule has 0 aliphatic heterocycles. The summed E-state index contributed by atoms with van der Waals surface area (Å²) in [6.07, 6.45) is 10.6. The minimum absolute atomic E-state index is 0.0339. The van der Waals surface area contributed by atoms with Gasteiger partial charge in [-0.2, -0.15) is 0 Å². The average Bonchev–Trinajstić information content (AvgIpc) is 3.54. The van der Waals surface area contributed by atoms with Crippen LogP contribution in [0.5, 0.6) is 5.75 Å². The van der Waals surface area contributed by atoms with Crippen LogP contribution in [0.25, 0.3) is 11.3 Å². The largest absolute Gasteiger partial charge is 0.495 e. The van der Waals surface area contributed by atoms with Crippen LogP contribution in [-0.2, 0) is 16.0 Å². The molecule has 0 bridgehead atoms. The summed E-state index contributed by atoms with van der Waals surface area (Å²) < 4.78 is 15.7. The number of carbonyl (C=O) groups is 2. The summed E-state index contributed by atoms with van der Waals surface area (Å²) in [6, 6.07) is 7.87. The molecule has 2 saturated carbocycles. The van der Waals surface area contributed by atoms with E-state index in [1.54, 1.807) is 19.6 Å². The van der Waals surface area contributed by atoms with Gasteiger partial charge in [-0.1, -0.05) is 6.92 Å². The second-order valence-electron chi connectivity index (χ2n) is 11.8. The van der Waals surface area contributed by atoms with Gasteiger partial charge in [-0.3, -0.25) is 14.8 Å².